The molecule has 0 saturated heterocycles. The number of amidine groups is 1. The number of hydrogen-bond acceptors (Lipinski definition) is 7. The summed E-state index contributed by atoms with van der Waals surface area (Å²) in [5, 5.41) is 3.22. The molecule has 1 aliphatic heterocycles. The second-order valence-corrected chi connectivity index (χ2v) is 9.93. The third-order valence-corrected chi connectivity index (χ3v) is 6.79. The van der Waals surface area contributed by atoms with Crippen molar-refractivity contribution in [2.24, 2.45) is 4.99 Å². The number of methoxy groups -OCH3 is 1. The number of nitrogens with one attached hydrogen (secondary N) is 1. The van der Waals surface area contributed by atoms with Gasteiger partial charge in [-0.25, -0.2) is 4.79 Å². The maximum atomic E-state index is 13.5. The summed E-state index contributed by atoms with van der Waals surface area (Å²) in [6.45, 7) is 1.24. The van der Waals surface area contributed by atoms with Crippen molar-refractivity contribution in [1.29, 1.82) is 0 Å². The van der Waals surface area contributed by atoms with E-state index in [4.69, 9.17) is 14.2 Å². The number of esters is 1. The highest BCUT2D eigenvalue weighted by atomic mass is 32.2. The number of benzene rings is 3. The molecule has 0 bridgehead atoms. The standard InChI is InChI=1S/C30H22F6N2O5S/c1-3-42-27(40)18-5-4-6-21(14-18)37-28-38-26(39)25(44-28)12-8-17-7-11-23(24(13-17)41-2)43-16-19-9-10-20(29(31,32)33)15-22(19)30(34,35)36/h4-11,13-15H,3,16H2,1-2H3,(H,37,38,39). The van der Waals surface area contributed by atoms with Gasteiger partial charge in [-0.3, -0.25) is 4.79 Å². The third-order valence-electron chi connectivity index (χ3n) is 5.90. The summed E-state index contributed by atoms with van der Waals surface area (Å²) in [6, 6.07) is 12.2. The van der Waals surface area contributed by atoms with E-state index in [-0.39, 0.29) is 34.2 Å². The van der Waals surface area contributed by atoms with Gasteiger partial charge in [-0.05, 0) is 72.8 Å². The number of rotatable bonds is 8. The molecule has 0 unspecified atom stereocenters. The van der Waals surface area contributed by atoms with E-state index in [1.165, 1.54) is 31.4 Å². The number of hydrogen-bond donors (Lipinski definition) is 1. The van der Waals surface area contributed by atoms with Crippen LogP contribution in [0.4, 0.5) is 32.0 Å². The molecule has 7 nitrogen and oxygen atoms in total. The predicted molar refractivity (Wildman–Crippen MR) is 151 cm³/mol. The van der Waals surface area contributed by atoms with Crippen LogP contribution in [0.1, 0.15) is 39.5 Å². The van der Waals surface area contributed by atoms with Gasteiger partial charge in [0.1, 0.15) is 11.5 Å². The lowest BCUT2D eigenvalue weighted by Crippen LogP contribution is -2.14. The van der Waals surface area contributed by atoms with Crippen LogP contribution in [0.3, 0.4) is 0 Å². The Morgan fingerprint density at radius 2 is 1.77 bits per heavy atom. The van der Waals surface area contributed by atoms with Crippen LogP contribution in [0, 0.1) is 0 Å². The highest BCUT2D eigenvalue weighted by Gasteiger charge is 2.38. The van der Waals surface area contributed by atoms with E-state index >= 15 is 0 Å². The van der Waals surface area contributed by atoms with Gasteiger partial charge in [0.2, 0.25) is 0 Å². The van der Waals surface area contributed by atoms with Crippen molar-refractivity contribution in [3.05, 3.63) is 99.1 Å². The van der Waals surface area contributed by atoms with Gasteiger partial charge in [0.15, 0.2) is 16.7 Å². The number of halogens is 6. The monoisotopic (exact) mass is 636 g/mol. The van der Waals surface area contributed by atoms with Gasteiger partial charge in [-0.2, -0.15) is 31.3 Å². The van der Waals surface area contributed by atoms with E-state index in [1.54, 1.807) is 31.2 Å². The molecule has 0 saturated carbocycles. The van der Waals surface area contributed by atoms with Crippen molar-refractivity contribution < 1.29 is 50.1 Å². The van der Waals surface area contributed by atoms with Gasteiger partial charge >= 0.3 is 18.3 Å². The molecule has 0 aliphatic carbocycles. The first kappa shape index (κ1) is 32.2. The Balaban J connectivity index is 1.46. The number of aliphatic imine (C=N–C) groups is 1. The largest absolute Gasteiger partial charge is 0.493 e. The molecule has 44 heavy (non-hydrogen) atoms. The Morgan fingerprint density at radius 3 is 2.45 bits per heavy atom. The summed E-state index contributed by atoms with van der Waals surface area (Å²) in [4.78, 5) is 28.5. The summed E-state index contributed by atoms with van der Waals surface area (Å²) in [5.74, 6) is -0.888. The van der Waals surface area contributed by atoms with E-state index < -0.39 is 47.5 Å². The van der Waals surface area contributed by atoms with Gasteiger partial charge in [0.25, 0.3) is 5.91 Å². The Morgan fingerprint density at radius 1 is 1.00 bits per heavy atom. The minimum atomic E-state index is -5.03. The molecule has 0 fully saturated rings. The smallest absolute Gasteiger partial charge is 0.416 e. The van der Waals surface area contributed by atoms with Crippen molar-refractivity contribution in [1.82, 2.24) is 0 Å². The average molecular weight is 637 g/mol. The molecule has 4 rings (SSSR count). The fourth-order valence-corrected chi connectivity index (χ4v) is 4.59. The number of amides is 1. The zero-order valence-corrected chi connectivity index (χ0v) is 23.7. The van der Waals surface area contributed by atoms with Gasteiger partial charge in [0, 0.05) is 11.3 Å². The fourth-order valence-electron chi connectivity index (χ4n) is 3.85. The zero-order valence-electron chi connectivity index (χ0n) is 22.9. The Kier molecular flexibility index (Phi) is 9.75. The summed E-state index contributed by atoms with van der Waals surface area (Å²) < 4.78 is 95.0. The van der Waals surface area contributed by atoms with Crippen LogP contribution in [-0.2, 0) is 28.5 Å². The summed E-state index contributed by atoms with van der Waals surface area (Å²) in [5.41, 5.74) is 0.795. The van der Waals surface area contributed by atoms with Crippen molar-refractivity contribution in [3.8, 4) is 11.5 Å². The number of ether oxygens (including phenoxy) is 3. The Bertz CT molecular complexity index is 1680. The second kappa shape index (κ2) is 13.3. The van der Waals surface area contributed by atoms with Crippen LogP contribution >= 0.6 is 11.8 Å². The molecule has 0 radical (unpaired) electrons. The molecular weight excluding hydrogens is 614 g/mol. The van der Waals surface area contributed by atoms with Crippen molar-refractivity contribution >= 4 is 40.6 Å². The molecule has 1 aliphatic rings. The predicted octanol–water partition coefficient (Wildman–Crippen LogP) is 7.73. The normalized spacial score (nSPS) is 13.2. The lowest BCUT2D eigenvalue weighted by atomic mass is 10.0. The molecular formula is C30H22F6N2O5S. The molecule has 0 spiro atoms. The second-order valence-electron chi connectivity index (χ2n) is 8.93. The van der Waals surface area contributed by atoms with Crippen molar-refractivity contribution in [3.63, 3.8) is 0 Å². The maximum Gasteiger partial charge on any atom is 0.416 e. The van der Waals surface area contributed by atoms with Crippen molar-refractivity contribution in [2.45, 2.75) is 25.9 Å². The van der Waals surface area contributed by atoms with E-state index in [1.807, 2.05) is 0 Å². The summed E-state index contributed by atoms with van der Waals surface area (Å²) >= 11 is 1.01. The number of thioether (sulfide) groups is 1. The number of anilines is 1. The highest BCUT2D eigenvalue weighted by molar-refractivity contribution is 8.18. The molecule has 1 N–H and O–H groups in total. The number of carbonyl (C=O) groups is 2. The lowest BCUT2D eigenvalue weighted by Gasteiger charge is -2.17. The van der Waals surface area contributed by atoms with E-state index in [0.29, 0.717) is 22.9 Å². The van der Waals surface area contributed by atoms with Crippen LogP contribution in [0.15, 0.2) is 76.3 Å². The minimum absolute atomic E-state index is 0.0384. The molecule has 230 valence electrons. The molecule has 0 atom stereocenters. The molecule has 1 amide bonds. The highest BCUT2D eigenvalue weighted by Crippen LogP contribution is 2.38. The van der Waals surface area contributed by atoms with E-state index in [0.717, 1.165) is 17.8 Å². The van der Waals surface area contributed by atoms with Gasteiger partial charge in [0.05, 0.1) is 30.4 Å². The van der Waals surface area contributed by atoms with E-state index in [2.05, 4.69) is 16.0 Å². The van der Waals surface area contributed by atoms with Gasteiger partial charge < -0.3 is 19.5 Å². The number of nitrogens with zero attached hydrogens (tertiary/aromatic N) is 1. The third kappa shape index (κ3) is 8.03. The summed E-state index contributed by atoms with van der Waals surface area (Å²) in [6.07, 6.45) is -8.51. The van der Waals surface area contributed by atoms with Crippen LogP contribution in [0.25, 0.3) is 6.08 Å². The maximum absolute atomic E-state index is 13.5. The van der Waals surface area contributed by atoms with E-state index in [9.17, 15) is 35.9 Å². The molecule has 1 heterocycles. The topological polar surface area (TPSA) is 86.2 Å². The lowest BCUT2D eigenvalue weighted by molar-refractivity contribution is -0.143. The number of alkyl halides is 6. The van der Waals surface area contributed by atoms with Crippen LogP contribution in [0.2, 0.25) is 0 Å². The summed E-state index contributed by atoms with van der Waals surface area (Å²) in [7, 11) is 1.30. The first-order valence-electron chi connectivity index (χ1n) is 12.7. The van der Waals surface area contributed by atoms with Crippen molar-refractivity contribution in [2.75, 3.05) is 19.0 Å². The van der Waals surface area contributed by atoms with Gasteiger partial charge in [-0.1, -0.05) is 23.9 Å². The zero-order chi connectivity index (χ0) is 32.1. The van der Waals surface area contributed by atoms with Crippen LogP contribution < -0.4 is 14.8 Å². The molecule has 14 heteroatoms. The SMILES string of the molecule is CCOC(=O)c1cccc(NC2=NC(=O)C(=C=Cc3ccc(OCc4ccc(C(F)(F)F)cc4C(F)(F)F)c(OC)c3)S2)c1. The average Bonchev–Trinajstić information content (AvgIpc) is 3.32. The van der Waals surface area contributed by atoms with Crippen LogP contribution in [-0.4, -0.2) is 30.8 Å². The minimum Gasteiger partial charge on any atom is -0.493 e. The fraction of sp³-hybridized carbons (Fsp3) is 0.200. The molecule has 3 aromatic rings. The number of carbonyl (C=O) groups excluding carboxylic acids is 2. The first-order chi connectivity index (χ1) is 20.8. The van der Waals surface area contributed by atoms with Gasteiger partial charge in [-0.15, -0.1) is 0 Å². The quantitative estimate of drug-likeness (QED) is 0.117. The molecule has 3 aromatic carbocycles. The Labute approximate surface area is 251 Å². The molecule has 0 aromatic heterocycles. The Hall–Kier alpha value is -4.68. The first-order valence-corrected chi connectivity index (χ1v) is 13.5. The van der Waals surface area contributed by atoms with Crippen LogP contribution in [0.5, 0.6) is 11.5 Å².